The Bertz CT molecular complexity index is 309. The molecule has 0 radical (unpaired) electrons. The Labute approximate surface area is 76.2 Å². The summed E-state index contributed by atoms with van der Waals surface area (Å²) in [5.41, 5.74) is 10.9. The van der Waals surface area contributed by atoms with Gasteiger partial charge in [-0.05, 0) is 13.0 Å². The van der Waals surface area contributed by atoms with Crippen LogP contribution in [0.25, 0.3) is 0 Å². The van der Waals surface area contributed by atoms with Gasteiger partial charge in [0.2, 0.25) is 0 Å². The third-order valence-corrected chi connectivity index (χ3v) is 2.70. The van der Waals surface area contributed by atoms with Gasteiger partial charge in [0.25, 0.3) is 5.54 Å². The fourth-order valence-corrected chi connectivity index (χ4v) is 1.32. The van der Waals surface area contributed by atoms with Crippen molar-refractivity contribution in [3.63, 3.8) is 0 Å². The maximum absolute atomic E-state index is 10.8. The third-order valence-electron chi connectivity index (χ3n) is 2.70. The molecule has 0 amide bonds. The first-order chi connectivity index (χ1) is 5.90. The van der Waals surface area contributed by atoms with E-state index in [-0.39, 0.29) is 4.92 Å². The van der Waals surface area contributed by atoms with E-state index in [1.165, 1.54) is 6.92 Å². The maximum atomic E-state index is 10.8. The molecule has 0 heterocycles. The van der Waals surface area contributed by atoms with Crippen molar-refractivity contribution in [3.8, 4) is 0 Å². The number of allylic oxidation sites excluding steroid dienone is 1. The lowest BCUT2D eigenvalue weighted by Crippen LogP contribution is -2.53. The van der Waals surface area contributed by atoms with Crippen molar-refractivity contribution >= 4 is 0 Å². The minimum absolute atomic E-state index is 0.386. The summed E-state index contributed by atoms with van der Waals surface area (Å²) < 4.78 is 0. The molecule has 0 spiro atoms. The number of rotatable bonds is 1. The van der Waals surface area contributed by atoms with Crippen LogP contribution in [-0.2, 0) is 0 Å². The molecule has 0 aromatic heterocycles. The molecule has 0 aliphatic heterocycles. The van der Waals surface area contributed by atoms with E-state index < -0.39 is 11.6 Å². The molecule has 5 nitrogen and oxygen atoms in total. The summed E-state index contributed by atoms with van der Waals surface area (Å²) in [6, 6.07) is -0.616. The van der Waals surface area contributed by atoms with Crippen molar-refractivity contribution in [3.05, 3.63) is 33.5 Å². The van der Waals surface area contributed by atoms with Crippen molar-refractivity contribution in [2.24, 2.45) is 11.5 Å². The fraction of sp³-hybridized carbons (Fsp3) is 0.500. The van der Waals surface area contributed by atoms with Crippen LogP contribution in [-0.4, -0.2) is 16.5 Å². The molecule has 0 bridgehead atoms. The van der Waals surface area contributed by atoms with E-state index in [0.717, 1.165) is 0 Å². The van der Waals surface area contributed by atoms with Gasteiger partial charge in [0, 0.05) is 23.1 Å². The van der Waals surface area contributed by atoms with Crippen LogP contribution in [0.1, 0.15) is 13.8 Å². The molecule has 2 unspecified atom stereocenters. The molecule has 1 aliphatic rings. The van der Waals surface area contributed by atoms with Gasteiger partial charge >= 0.3 is 0 Å². The van der Waals surface area contributed by atoms with Crippen molar-refractivity contribution in [1.82, 2.24) is 0 Å². The van der Waals surface area contributed by atoms with Crippen LogP contribution >= 0.6 is 0 Å². The quantitative estimate of drug-likeness (QED) is 0.447. The topological polar surface area (TPSA) is 95.2 Å². The van der Waals surface area contributed by atoms with Gasteiger partial charge in [-0.25, -0.2) is 0 Å². The van der Waals surface area contributed by atoms with Gasteiger partial charge < -0.3 is 11.5 Å². The molecule has 5 heteroatoms. The standard InChI is InChI=1S/C8H13N3O2/c1-5-6(9)3-4-7(10)8(5,2)11(12)13/h3-4,7H,9-10H2,1-2H3. The molecule has 1 aliphatic carbocycles. The van der Waals surface area contributed by atoms with Gasteiger partial charge in [-0.1, -0.05) is 6.08 Å². The van der Waals surface area contributed by atoms with E-state index in [9.17, 15) is 10.1 Å². The number of hydrogen-bond acceptors (Lipinski definition) is 4. The lowest BCUT2D eigenvalue weighted by Gasteiger charge is -2.29. The van der Waals surface area contributed by atoms with Crippen molar-refractivity contribution in [2.75, 3.05) is 0 Å². The first-order valence-corrected chi connectivity index (χ1v) is 3.95. The van der Waals surface area contributed by atoms with Gasteiger partial charge in [-0.2, -0.15) is 0 Å². The molecule has 4 N–H and O–H groups in total. The van der Waals surface area contributed by atoms with E-state index in [0.29, 0.717) is 11.3 Å². The maximum Gasteiger partial charge on any atom is 0.260 e. The van der Waals surface area contributed by atoms with Gasteiger partial charge in [0.05, 0.1) is 6.04 Å². The largest absolute Gasteiger partial charge is 0.399 e. The van der Waals surface area contributed by atoms with Gasteiger partial charge in [0.15, 0.2) is 0 Å². The van der Waals surface area contributed by atoms with Crippen molar-refractivity contribution in [1.29, 1.82) is 0 Å². The predicted octanol–water partition coefficient (Wildman–Crippen LogP) is 0.152. The zero-order valence-electron chi connectivity index (χ0n) is 7.65. The second-order valence-corrected chi connectivity index (χ2v) is 3.37. The number of nitrogens with two attached hydrogens (primary N) is 2. The van der Waals surface area contributed by atoms with Crippen LogP contribution in [0.15, 0.2) is 23.4 Å². The molecule has 0 saturated carbocycles. The summed E-state index contributed by atoms with van der Waals surface area (Å²) in [5.74, 6) is 0. The summed E-state index contributed by atoms with van der Waals surface area (Å²) in [6.07, 6.45) is 3.18. The molecule has 0 saturated heterocycles. The first kappa shape index (κ1) is 9.73. The average molecular weight is 183 g/mol. The van der Waals surface area contributed by atoms with Crippen LogP contribution in [0.3, 0.4) is 0 Å². The summed E-state index contributed by atoms with van der Waals surface area (Å²) in [4.78, 5) is 10.5. The van der Waals surface area contributed by atoms with Gasteiger partial charge in [-0.3, -0.25) is 10.1 Å². The summed E-state index contributed by atoms with van der Waals surface area (Å²) in [5, 5.41) is 10.8. The van der Waals surface area contributed by atoms with E-state index in [1.807, 2.05) is 0 Å². The highest BCUT2D eigenvalue weighted by molar-refractivity contribution is 5.36. The molecule has 0 aromatic rings. The second kappa shape index (κ2) is 2.85. The van der Waals surface area contributed by atoms with Crippen LogP contribution in [0.5, 0.6) is 0 Å². The molecule has 0 fully saturated rings. The minimum Gasteiger partial charge on any atom is -0.399 e. The summed E-state index contributed by atoms with van der Waals surface area (Å²) >= 11 is 0. The molecular formula is C8H13N3O2. The van der Waals surface area contributed by atoms with E-state index in [1.54, 1.807) is 19.1 Å². The summed E-state index contributed by atoms with van der Waals surface area (Å²) in [6.45, 7) is 3.13. The Hall–Kier alpha value is -1.36. The van der Waals surface area contributed by atoms with E-state index in [2.05, 4.69) is 0 Å². The van der Waals surface area contributed by atoms with E-state index in [4.69, 9.17) is 11.5 Å². The monoisotopic (exact) mass is 183 g/mol. The van der Waals surface area contributed by atoms with Gasteiger partial charge in [-0.15, -0.1) is 0 Å². The Morgan fingerprint density at radius 2 is 2.23 bits per heavy atom. The lowest BCUT2D eigenvalue weighted by atomic mass is 9.81. The minimum atomic E-state index is -1.27. The highest BCUT2D eigenvalue weighted by Gasteiger charge is 2.47. The van der Waals surface area contributed by atoms with Crippen molar-refractivity contribution in [2.45, 2.75) is 25.4 Å². The molecule has 0 aromatic carbocycles. The first-order valence-electron chi connectivity index (χ1n) is 3.95. The Morgan fingerprint density at radius 3 is 2.62 bits per heavy atom. The molecule has 1 rings (SSSR count). The van der Waals surface area contributed by atoms with Crippen LogP contribution in [0.2, 0.25) is 0 Å². The van der Waals surface area contributed by atoms with Crippen molar-refractivity contribution < 1.29 is 4.92 Å². The number of nitrogens with zero attached hydrogens (tertiary/aromatic N) is 1. The Morgan fingerprint density at radius 1 is 1.69 bits per heavy atom. The summed E-state index contributed by atoms with van der Waals surface area (Å²) in [7, 11) is 0. The van der Waals surface area contributed by atoms with Crippen LogP contribution in [0, 0.1) is 10.1 Å². The Balaban J connectivity index is 3.24. The lowest BCUT2D eigenvalue weighted by molar-refractivity contribution is -0.555. The average Bonchev–Trinajstić information content (AvgIpc) is 2.08. The van der Waals surface area contributed by atoms with Gasteiger partial charge in [0.1, 0.15) is 0 Å². The molecule has 13 heavy (non-hydrogen) atoms. The zero-order valence-corrected chi connectivity index (χ0v) is 7.65. The molecule has 2 atom stereocenters. The Kier molecular flexibility index (Phi) is 2.13. The van der Waals surface area contributed by atoms with Crippen LogP contribution < -0.4 is 11.5 Å². The zero-order chi connectivity index (χ0) is 10.2. The fourth-order valence-electron chi connectivity index (χ4n) is 1.32. The third kappa shape index (κ3) is 1.21. The highest BCUT2D eigenvalue weighted by atomic mass is 16.6. The molecular weight excluding hydrogens is 170 g/mol. The number of hydrogen-bond donors (Lipinski definition) is 2. The second-order valence-electron chi connectivity index (χ2n) is 3.37. The normalized spacial score (nSPS) is 33.6. The number of nitro groups is 1. The molecule has 72 valence electrons. The van der Waals surface area contributed by atoms with Crippen LogP contribution in [0.4, 0.5) is 0 Å². The highest BCUT2D eigenvalue weighted by Crippen LogP contribution is 2.29. The van der Waals surface area contributed by atoms with E-state index >= 15 is 0 Å². The smallest absolute Gasteiger partial charge is 0.260 e. The predicted molar refractivity (Wildman–Crippen MR) is 49.4 cm³/mol. The SMILES string of the molecule is CC1=C(N)C=CC(N)C1(C)[N+](=O)[O-].